The van der Waals surface area contributed by atoms with Crippen LogP contribution >= 0.6 is 23.2 Å². The summed E-state index contributed by atoms with van der Waals surface area (Å²) in [6.07, 6.45) is 2.52. The second kappa shape index (κ2) is 10.0. The van der Waals surface area contributed by atoms with E-state index < -0.39 is 0 Å². The molecule has 1 atom stereocenters. The molecular formula is C21H30Cl2N4O2. The number of halogens is 2. The SMILES string of the molecule is CCN(CC)C(=O)CN1CCCN(C(=O)NC2CCc3c2ccc(Cl)c3Cl)CC1. The van der Waals surface area contributed by atoms with Crippen LogP contribution in [0.4, 0.5) is 4.79 Å². The fourth-order valence-electron chi connectivity index (χ4n) is 4.22. The van der Waals surface area contributed by atoms with Crippen LogP contribution in [-0.4, -0.2) is 72.5 Å². The number of benzene rings is 1. The predicted molar refractivity (Wildman–Crippen MR) is 117 cm³/mol. The van der Waals surface area contributed by atoms with E-state index in [1.807, 2.05) is 29.7 Å². The Bertz CT molecular complexity index is 754. The molecule has 3 rings (SSSR count). The van der Waals surface area contributed by atoms with E-state index in [4.69, 9.17) is 23.2 Å². The summed E-state index contributed by atoms with van der Waals surface area (Å²) < 4.78 is 0. The van der Waals surface area contributed by atoms with Gasteiger partial charge >= 0.3 is 6.03 Å². The van der Waals surface area contributed by atoms with Crippen molar-refractivity contribution in [2.75, 3.05) is 45.8 Å². The maximum absolute atomic E-state index is 12.9. The van der Waals surface area contributed by atoms with E-state index in [0.717, 1.165) is 50.0 Å². The minimum Gasteiger partial charge on any atom is -0.342 e. The van der Waals surface area contributed by atoms with Crippen molar-refractivity contribution in [3.63, 3.8) is 0 Å². The number of nitrogens with zero attached hydrogens (tertiary/aromatic N) is 3. The van der Waals surface area contributed by atoms with Gasteiger partial charge in [-0.15, -0.1) is 0 Å². The summed E-state index contributed by atoms with van der Waals surface area (Å²) in [5, 5.41) is 4.32. The lowest BCUT2D eigenvalue weighted by atomic mass is 10.1. The number of carbonyl (C=O) groups is 2. The van der Waals surface area contributed by atoms with Crippen LogP contribution in [0.25, 0.3) is 0 Å². The van der Waals surface area contributed by atoms with Gasteiger partial charge in [0.15, 0.2) is 0 Å². The van der Waals surface area contributed by atoms with Crippen LogP contribution in [0, 0.1) is 0 Å². The molecule has 1 unspecified atom stereocenters. The van der Waals surface area contributed by atoms with Gasteiger partial charge in [0.25, 0.3) is 0 Å². The molecule has 160 valence electrons. The first-order valence-electron chi connectivity index (χ1n) is 10.5. The summed E-state index contributed by atoms with van der Waals surface area (Å²) in [5.41, 5.74) is 2.11. The summed E-state index contributed by atoms with van der Waals surface area (Å²) in [5.74, 6) is 0.158. The van der Waals surface area contributed by atoms with Crippen molar-refractivity contribution in [1.82, 2.24) is 20.0 Å². The van der Waals surface area contributed by atoms with E-state index in [2.05, 4.69) is 10.2 Å². The van der Waals surface area contributed by atoms with Crippen LogP contribution in [0.3, 0.4) is 0 Å². The summed E-state index contributed by atoms with van der Waals surface area (Å²) in [4.78, 5) is 31.1. The van der Waals surface area contributed by atoms with E-state index in [1.165, 1.54) is 0 Å². The topological polar surface area (TPSA) is 55.9 Å². The minimum atomic E-state index is -0.0501. The van der Waals surface area contributed by atoms with Crippen molar-refractivity contribution < 1.29 is 9.59 Å². The van der Waals surface area contributed by atoms with Crippen molar-refractivity contribution >= 4 is 35.1 Å². The normalized spacial score (nSPS) is 19.6. The van der Waals surface area contributed by atoms with E-state index in [-0.39, 0.29) is 18.0 Å². The number of urea groups is 1. The number of fused-ring (bicyclic) bond motifs is 1. The number of amides is 3. The highest BCUT2D eigenvalue weighted by molar-refractivity contribution is 6.42. The second-order valence-electron chi connectivity index (χ2n) is 7.65. The standard InChI is InChI=1S/C21H30Cl2N4O2/c1-3-26(4-2)19(28)14-25-10-5-11-27(13-12-25)21(29)24-18-9-7-16-15(18)6-8-17(22)20(16)23/h6,8,18H,3-5,7,9-14H2,1-2H3,(H,24,29). The van der Waals surface area contributed by atoms with E-state index >= 15 is 0 Å². The number of hydrogen-bond donors (Lipinski definition) is 1. The van der Waals surface area contributed by atoms with Gasteiger partial charge in [0.05, 0.1) is 22.6 Å². The quantitative estimate of drug-likeness (QED) is 0.760. The molecule has 8 heteroatoms. The number of likely N-dealkylation sites (N-methyl/N-ethyl adjacent to an activating group) is 1. The van der Waals surface area contributed by atoms with Crippen LogP contribution in [0.2, 0.25) is 10.0 Å². The lowest BCUT2D eigenvalue weighted by molar-refractivity contribution is -0.132. The molecule has 1 aromatic rings. The molecule has 1 fully saturated rings. The predicted octanol–water partition coefficient (Wildman–Crippen LogP) is 3.57. The van der Waals surface area contributed by atoms with Crippen molar-refractivity contribution in [1.29, 1.82) is 0 Å². The summed E-state index contributed by atoms with van der Waals surface area (Å²) in [6, 6.07) is 3.68. The average molecular weight is 441 g/mol. The summed E-state index contributed by atoms with van der Waals surface area (Å²) in [7, 11) is 0. The van der Waals surface area contributed by atoms with Crippen LogP contribution in [0.15, 0.2) is 12.1 Å². The largest absolute Gasteiger partial charge is 0.342 e. The van der Waals surface area contributed by atoms with Gasteiger partial charge in [-0.25, -0.2) is 4.79 Å². The lowest BCUT2D eigenvalue weighted by Gasteiger charge is -2.26. The third-order valence-corrected chi connectivity index (χ3v) is 6.78. The maximum Gasteiger partial charge on any atom is 0.317 e. The maximum atomic E-state index is 12.9. The molecule has 29 heavy (non-hydrogen) atoms. The second-order valence-corrected chi connectivity index (χ2v) is 8.44. The van der Waals surface area contributed by atoms with E-state index in [9.17, 15) is 9.59 Å². The first-order valence-corrected chi connectivity index (χ1v) is 11.2. The number of carbonyl (C=O) groups excluding carboxylic acids is 2. The molecule has 0 saturated carbocycles. The van der Waals surface area contributed by atoms with Crippen LogP contribution in [-0.2, 0) is 11.2 Å². The molecule has 1 heterocycles. The fourth-order valence-corrected chi connectivity index (χ4v) is 4.67. The molecule has 0 bridgehead atoms. The molecule has 1 aromatic carbocycles. The van der Waals surface area contributed by atoms with E-state index in [0.29, 0.717) is 36.2 Å². The zero-order valence-electron chi connectivity index (χ0n) is 17.2. The lowest BCUT2D eigenvalue weighted by Crippen LogP contribution is -2.44. The van der Waals surface area contributed by atoms with Gasteiger partial charge in [-0.2, -0.15) is 0 Å². The average Bonchev–Trinajstić information content (AvgIpc) is 2.95. The third kappa shape index (κ3) is 5.16. The van der Waals surface area contributed by atoms with Gasteiger partial charge < -0.3 is 15.1 Å². The Morgan fingerprint density at radius 3 is 2.62 bits per heavy atom. The first-order chi connectivity index (χ1) is 13.9. The van der Waals surface area contributed by atoms with Gasteiger partial charge in [-0.3, -0.25) is 9.69 Å². The third-order valence-electron chi connectivity index (χ3n) is 5.94. The Balaban J connectivity index is 1.55. The van der Waals surface area contributed by atoms with Crippen molar-refractivity contribution in [3.05, 3.63) is 33.3 Å². The number of nitrogens with one attached hydrogen (secondary N) is 1. The molecule has 6 nitrogen and oxygen atoms in total. The zero-order valence-corrected chi connectivity index (χ0v) is 18.7. The monoisotopic (exact) mass is 440 g/mol. The summed E-state index contributed by atoms with van der Waals surface area (Å²) in [6.45, 7) is 8.75. The Morgan fingerprint density at radius 2 is 1.90 bits per heavy atom. The van der Waals surface area contributed by atoms with Gasteiger partial charge in [-0.1, -0.05) is 29.3 Å². The molecule has 1 N–H and O–H groups in total. The molecule has 3 amide bonds. The molecule has 1 aliphatic carbocycles. The van der Waals surface area contributed by atoms with Gasteiger partial charge in [0.1, 0.15) is 0 Å². The number of hydrogen-bond acceptors (Lipinski definition) is 3. The highest BCUT2D eigenvalue weighted by Gasteiger charge is 2.29. The highest BCUT2D eigenvalue weighted by Crippen LogP contribution is 2.39. The van der Waals surface area contributed by atoms with E-state index in [1.54, 1.807) is 6.07 Å². The minimum absolute atomic E-state index is 0.0316. The smallest absolute Gasteiger partial charge is 0.317 e. The molecule has 1 saturated heterocycles. The number of rotatable bonds is 5. The molecule has 1 aliphatic heterocycles. The molecular weight excluding hydrogens is 411 g/mol. The van der Waals surface area contributed by atoms with Crippen LogP contribution in [0.1, 0.15) is 43.9 Å². The van der Waals surface area contributed by atoms with Crippen molar-refractivity contribution in [2.24, 2.45) is 0 Å². The first kappa shape index (κ1) is 22.2. The molecule has 0 spiro atoms. The molecule has 0 aromatic heterocycles. The van der Waals surface area contributed by atoms with Crippen molar-refractivity contribution in [3.8, 4) is 0 Å². The highest BCUT2D eigenvalue weighted by atomic mass is 35.5. The zero-order chi connectivity index (χ0) is 21.0. The Kier molecular flexibility index (Phi) is 7.66. The fraction of sp³-hybridized carbons (Fsp3) is 0.619. The summed E-state index contributed by atoms with van der Waals surface area (Å²) >= 11 is 12.4. The molecule has 2 aliphatic rings. The van der Waals surface area contributed by atoms with Crippen LogP contribution in [0.5, 0.6) is 0 Å². The van der Waals surface area contributed by atoms with Gasteiger partial charge in [0.2, 0.25) is 5.91 Å². The van der Waals surface area contributed by atoms with Crippen LogP contribution < -0.4 is 5.32 Å². The van der Waals surface area contributed by atoms with Gasteiger partial charge in [0, 0.05) is 39.3 Å². The van der Waals surface area contributed by atoms with Crippen molar-refractivity contribution in [2.45, 2.75) is 39.2 Å². The Morgan fingerprint density at radius 1 is 1.14 bits per heavy atom. The molecule has 0 radical (unpaired) electrons. The van der Waals surface area contributed by atoms with Gasteiger partial charge in [-0.05, 0) is 50.3 Å². The Labute approximate surface area is 183 Å². The Hall–Kier alpha value is -1.50.